The molecule has 1 N–H and O–H groups in total. The molecule has 0 aliphatic carbocycles. The Labute approximate surface area is 74.1 Å². The molecule has 1 unspecified atom stereocenters. The molecule has 0 aromatic rings. The average molecular weight is 170 g/mol. The molecular weight excluding hydrogens is 152 g/mol. The number of amides is 1. The summed E-state index contributed by atoms with van der Waals surface area (Å²) in [6.07, 6.45) is 0.987. The molecule has 1 aliphatic rings. The number of hydrogen-bond donors (Lipinski definition) is 1. The van der Waals surface area contributed by atoms with Gasteiger partial charge in [0, 0.05) is 13.6 Å². The molecule has 1 heterocycles. The number of nitrogens with one attached hydrogen (secondary N) is 1. The van der Waals surface area contributed by atoms with E-state index in [4.69, 9.17) is 0 Å². The van der Waals surface area contributed by atoms with E-state index in [9.17, 15) is 4.79 Å². The first-order chi connectivity index (χ1) is 5.62. The molecule has 1 atom stereocenters. The molecule has 3 heteroatoms. The Hall–Kier alpha value is -0.570. The second-order valence-electron chi connectivity index (χ2n) is 3.76. The molecule has 0 aromatic carbocycles. The molecule has 0 saturated carbocycles. The van der Waals surface area contributed by atoms with Gasteiger partial charge in [-0.1, -0.05) is 6.92 Å². The van der Waals surface area contributed by atoms with E-state index in [2.05, 4.69) is 17.1 Å². The van der Waals surface area contributed by atoms with Crippen molar-refractivity contribution < 1.29 is 4.79 Å². The molecule has 0 radical (unpaired) electrons. The van der Waals surface area contributed by atoms with Gasteiger partial charge in [-0.3, -0.25) is 4.79 Å². The van der Waals surface area contributed by atoms with Crippen LogP contribution in [0, 0.1) is 5.41 Å². The van der Waals surface area contributed by atoms with Crippen molar-refractivity contribution in [1.82, 2.24) is 10.2 Å². The molecule has 1 amide bonds. The monoisotopic (exact) mass is 170 g/mol. The minimum absolute atomic E-state index is 0.148. The summed E-state index contributed by atoms with van der Waals surface area (Å²) in [6, 6.07) is 0. The van der Waals surface area contributed by atoms with Crippen molar-refractivity contribution in [2.75, 3.05) is 26.7 Å². The summed E-state index contributed by atoms with van der Waals surface area (Å²) in [6.45, 7) is 7.19. The minimum Gasteiger partial charge on any atom is -0.359 e. The van der Waals surface area contributed by atoms with Crippen LogP contribution >= 0.6 is 0 Å². The highest BCUT2D eigenvalue weighted by molar-refractivity contribution is 5.82. The Morgan fingerprint density at radius 3 is 2.75 bits per heavy atom. The highest BCUT2D eigenvalue weighted by Gasteiger charge is 2.38. The lowest BCUT2D eigenvalue weighted by Crippen LogP contribution is -2.39. The van der Waals surface area contributed by atoms with Crippen LogP contribution in [0.5, 0.6) is 0 Å². The van der Waals surface area contributed by atoms with Gasteiger partial charge in [-0.05, 0) is 26.4 Å². The third-order valence-corrected chi connectivity index (χ3v) is 2.77. The first-order valence-electron chi connectivity index (χ1n) is 4.57. The van der Waals surface area contributed by atoms with Crippen molar-refractivity contribution in [3.8, 4) is 0 Å². The number of rotatable bonds is 2. The van der Waals surface area contributed by atoms with Gasteiger partial charge in [0.25, 0.3) is 0 Å². The van der Waals surface area contributed by atoms with E-state index in [1.807, 2.05) is 6.92 Å². The summed E-state index contributed by atoms with van der Waals surface area (Å²) in [5.41, 5.74) is -0.148. The maximum atomic E-state index is 11.5. The summed E-state index contributed by atoms with van der Waals surface area (Å²) in [5, 5.41) is 2.73. The van der Waals surface area contributed by atoms with Gasteiger partial charge in [-0.15, -0.1) is 0 Å². The smallest absolute Gasteiger partial charge is 0.227 e. The molecule has 0 bridgehead atoms. The van der Waals surface area contributed by atoms with Crippen LogP contribution in [0.1, 0.15) is 20.3 Å². The van der Waals surface area contributed by atoms with E-state index in [0.29, 0.717) is 0 Å². The summed E-state index contributed by atoms with van der Waals surface area (Å²) < 4.78 is 0. The van der Waals surface area contributed by atoms with Gasteiger partial charge in [0.15, 0.2) is 0 Å². The second-order valence-corrected chi connectivity index (χ2v) is 3.76. The van der Waals surface area contributed by atoms with E-state index in [-0.39, 0.29) is 11.3 Å². The van der Waals surface area contributed by atoms with Crippen LogP contribution in [0.3, 0.4) is 0 Å². The van der Waals surface area contributed by atoms with E-state index in [1.165, 1.54) is 0 Å². The quantitative estimate of drug-likeness (QED) is 0.653. The Bertz CT molecular complexity index is 181. The molecule has 0 aromatic heterocycles. The fourth-order valence-electron chi connectivity index (χ4n) is 1.81. The van der Waals surface area contributed by atoms with Gasteiger partial charge >= 0.3 is 0 Å². The van der Waals surface area contributed by atoms with Crippen molar-refractivity contribution in [2.45, 2.75) is 20.3 Å². The summed E-state index contributed by atoms with van der Waals surface area (Å²) in [4.78, 5) is 13.8. The topological polar surface area (TPSA) is 32.3 Å². The summed E-state index contributed by atoms with van der Waals surface area (Å²) in [5.74, 6) is 0.179. The van der Waals surface area contributed by atoms with Crippen LogP contribution in [-0.4, -0.2) is 37.5 Å². The van der Waals surface area contributed by atoms with Gasteiger partial charge in [-0.25, -0.2) is 0 Å². The number of carbonyl (C=O) groups excluding carboxylic acids is 1. The molecule has 1 fully saturated rings. The minimum atomic E-state index is -0.148. The molecule has 1 rings (SSSR count). The van der Waals surface area contributed by atoms with Gasteiger partial charge in [0.2, 0.25) is 5.91 Å². The highest BCUT2D eigenvalue weighted by atomic mass is 16.2. The standard InChI is InChI=1S/C9H18N2O/c1-4-11-6-5-9(2,7-11)8(12)10-3/h4-7H2,1-3H3,(H,10,12). The van der Waals surface area contributed by atoms with Crippen LogP contribution < -0.4 is 5.32 Å². The van der Waals surface area contributed by atoms with Crippen LogP contribution in [0.4, 0.5) is 0 Å². The second kappa shape index (κ2) is 3.44. The Balaban J connectivity index is 2.57. The lowest BCUT2D eigenvalue weighted by molar-refractivity contribution is -0.129. The lowest BCUT2D eigenvalue weighted by Gasteiger charge is -2.21. The van der Waals surface area contributed by atoms with Gasteiger partial charge < -0.3 is 10.2 Å². The van der Waals surface area contributed by atoms with Crippen LogP contribution in [0.2, 0.25) is 0 Å². The maximum absolute atomic E-state index is 11.5. The van der Waals surface area contributed by atoms with Crippen molar-refractivity contribution in [3.63, 3.8) is 0 Å². The first kappa shape index (κ1) is 9.52. The van der Waals surface area contributed by atoms with Gasteiger partial charge in [0.1, 0.15) is 0 Å². The van der Waals surface area contributed by atoms with E-state index < -0.39 is 0 Å². The number of nitrogens with zero attached hydrogens (tertiary/aromatic N) is 1. The number of carbonyl (C=O) groups is 1. The lowest BCUT2D eigenvalue weighted by atomic mass is 9.89. The molecule has 1 aliphatic heterocycles. The number of likely N-dealkylation sites (tertiary alicyclic amines) is 1. The van der Waals surface area contributed by atoms with Gasteiger partial charge in [-0.2, -0.15) is 0 Å². The first-order valence-corrected chi connectivity index (χ1v) is 4.57. The van der Waals surface area contributed by atoms with Gasteiger partial charge in [0.05, 0.1) is 5.41 Å². The van der Waals surface area contributed by atoms with Crippen LogP contribution in [0.25, 0.3) is 0 Å². The SMILES string of the molecule is CCN1CCC(C)(C(=O)NC)C1. The Morgan fingerprint density at radius 1 is 1.67 bits per heavy atom. The average Bonchev–Trinajstić information content (AvgIpc) is 2.47. The van der Waals surface area contributed by atoms with Crippen molar-refractivity contribution >= 4 is 5.91 Å². The third kappa shape index (κ3) is 1.61. The van der Waals surface area contributed by atoms with E-state index in [0.717, 1.165) is 26.1 Å². The predicted molar refractivity (Wildman–Crippen MR) is 48.9 cm³/mol. The van der Waals surface area contributed by atoms with Crippen molar-refractivity contribution in [3.05, 3.63) is 0 Å². The van der Waals surface area contributed by atoms with Crippen molar-refractivity contribution in [1.29, 1.82) is 0 Å². The fraction of sp³-hybridized carbons (Fsp3) is 0.889. The van der Waals surface area contributed by atoms with Crippen LogP contribution in [0.15, 0.2) is 0 Å². The Kier molecular flexibility index (Phi) is 2.73. The zero-order valence-corrected chi connectivity index (χ0v) is 8.18. The van der Waals surface area contributed by atoms with Crippen LogP contribution in [-0.2, 0) is 4.79 Å². The molecular formula is C9H18N2O. The molecule has 70 valence electrons. The van der Waals surface area contributed by atoms with E-state index >= 15 is 0 Å². The summed E-state index contributed by atoms with van der Waals surface area (Å²) >= 11 is 0. The van der Waals surface area contributed by atoms with E-state index in [1.54, 1.807) is 7.05 Å². The number of hydrogen-bond acceptors (Lipinski definition) is 2. The zero-order chi connectivity index (χ0) is 9.19. The Morgan fingerprint density at radius 2 is 2.33 bits per heavy atom. The van der Waals surface area contributed by atoms with Crippen molar-refractivity contribution in [2.24, 2.45) is 5.41 Å². The molecule has 12 heavy (non-hydrogen) atoms. The zero-order valence-electron chi connectivity index (χ0n) is 8.18. The highest BCUT2D eigenvalue weighted by Crippen LogP contribution is 2.29. The molecule has 3 nitrogen and oxygen atoms in total. The largest absolute Gasteiger partial charge is 0.359 e. The molecule has 1 saturated heterocycles. The fourth-order valence-corrected chi connectivity index (χ4v) is 1.81. The normalized spacial score (nSPS) is 30.6. The molecule has 0 spiro atoms. The maximum Gasteiger partial charge on any atom is 0.227 e. The predicted octanol–water partition coefficient (Wildman–Crippen LogP) is 0.464. The summed E-state index contributed by atoms with van der Waals surface area (Å²) in [7, 11) is 1.71. The third-order valence-electron chi connectivity index (χ3n) is 2.77.